The van der Waals surface area contributed by atoms with Gasteiger partial charge in [0.05, 0.1) is 11.6 Å². The van der Waals surface area contributed by atoms with E-state index < -0.39 is 0 Å². The van der Waals surface area contributed by atoms with Crippen LogP contribution in [0.5, 0.6) is 11.5 Å². The molecular formula is C21H26ClNO2. The van der Waals surface area contributed by atoms with Crippen LogP contribution >= 0.6 is 11.6 Å². The van der Waals surface area contributed by atoms with Gasteiger partial charge in [-0.3, -0.25) is 4.90 Å². The molecule has 4 heteroatoms. The molecule has 134 valence electrons. The van der Waals surface area contributed by atoms with E-state index in [1.54, 1.807) is 6.07 Å². The number of para-hydroxylation sites is 1. The molecule has 1 saturated heterocycles. The van der Waals surface area contributed by atoms with E-state index in [2.05, 4.69) is 11.8 Å². The highest BCUT2D eigenvalue weighted by Gasteiger charge is 2.29. The molecule has 0 aromatic heterocycles. The van der Waals surface area contributed by atoms with Crippen molar-refractivity contribution in [3.05, 3.63) is 59.1 Å². The maximum atomic E-state index is 9.53. The molecule has 0 spiro atoms. The summed E-state index contributed by atoms with van der Waals surface area (Å²) in [6.07, 6.45) is 3.44. The van der Waals surface area contributed by atoms with Gasteiger partial charge in [0.15, 0.2) is 0 Å². The minimum absolute atomic E-state index is 0.148. The lowest BCUT2D eigenvalue weighted by Crippen LogP contribution is -2.38. The molecule has 1 aliphatic rings. The summed E-state index contributed by atoms with van der Waals surface area (Å²) in [5, 5.41) is 9.95. The van der Waals surface area contributed by atoms with E-state index in [4.69, 9.17) is 16.3 Å². The average molecular weight is 360 g/mol. The van der Waals surface area contributed by atoms with Crippen LogP contribution in [0.25, 0.3) is 0 Å². The highest BCUT2D eigenvalue weighted by molar-refractivity contribution is 6.32. The fourth-order valence-electron chi connectivity index (χ4n) is 3.34. The molecule has 0 aliphatic carbocycles. The lowest BCUT2D eigenvalue weighted by Gasteiger charge is -2.39. The highest BCUT2D eigenvalue weighted by atomic mass is 35.5. The van der Waals surface area contributed by atoms with E-state index >= 15 is 0 Å². The Labute approximate surface area is 155 Å². The predicted octanol–water partition coefficient (Wildman–Crippen LogP) is 5.12. The van der Waals surface area contributed by atoms with Crippen molar-refractivity contribution in [3.8, 4) is 11.5 Å². The molecule has 0 atom stereocenters. The third-order valence-corrected chi connectivity index (χ3v) is 5.50. The van der Waals surface area contributed by atoms with Crippen LogP contribution in [-0.4, -0.2) is 29.7 Å². The number of hydrogen-bond acceptors (Lipinski definition) is 3. The van der Waals surface area contributed by atoms with E-state index in [1.807, 2.05) is 42.5 Å². The first-order valence-electron chi connectivity index (χ1n) is 8.92. The van der Waals surface area contributed by atoms with Gasteiger partial charge in [-0.1, -0.05) is 42.8 Å². The zero-order valence-electron chi connectivity index (χ0n) is 14.7. The van der Waals surface area contributed by atoms with Crippen LogP contribution < -0.4 is 4.74 Å². The second-order valence-corrected chi connectivity index (χ2v) is 7.69. The van der Waals surface area contributed by atoms with Gasteiger partial charge in [-0.05, 0) is 67.6 Å². The Kier molecular flexibility index (Phi) is 5.87. The Hall–Kier alpha value is -1.71. The van der Waals surface area contributed by atoms with Crippen molar-refractivity contribution in [1.82, 2.24) is 4.90 Å². The summed E-state index contributed by atoms with van der Waals surface area (Å²) < 4.78 is 5.87. The van der Waals surface area contributed by atoms with Gasteiger partial charge in [0.25, 0.3) is 0 Å². The molecule has 2 aromatic rings. The molecular weight excluding hydrogens is 334 g/mol. The number of aromatic hydroxyl groups is 1. The molecule has 0 radical (unpaired) electrons. The lowest BCUT2D eigenvalue weighted by atomic mass is 9.78. The zero-order valence-corrected chi connectivity index (χ0v) is 15.5. The third-order valence-electron chi connectivity index (χ3n) is 5.20. The first-order valence-corrected chi connectivity index (χ1v) is 9.29. The van der Waals surface area contributed by atoms with E-state index in [-0.39, 0.29) is 5.75 Å². The Morgan fingerprint density at radius 2 is 1.84 bits per heavy atom. The van der Waals surface area contributed by atoms with Gasteiger partial charge in [-0.25, -0.2) is 0 Å². The van der Waals surface area contributed by atoms with Crippen molar-refractivity contribution in [1.29, 1.82) is 0 Å². The van der Waals surface area contributed by atoms with Crippen LogP contribution in [0.2, 0.25) is 5.02 Å². The van der Waals surface area contributed by atoms with Crippen molar-refractivity contribution in [2.45, 2.75) is 32.7 Å². The minimum atomic E-state index is 0.148. The summed E-state index contributed by atoms with van der Waals surface area (Å²) in [5.74, 6) is 1.10. The Morgan fingerprint density at radius 1 is 1.12 bits per heavy atom. The number of likely N-dealkylation sites (tertiary alicyclic amines) is 1. The van der Waals surface area contributed by atoms with Crippen LogP contribution in [0.1, 0.15) is 31.7 Å². The number of hydrogen-bond donors (Lipinski definition) is 1. The Balaban J connectivity index is 1.44. The van der Waals surface area contributed by atoms with Crippen LogP contribution in [0, 0.1) is 5.41 Å². The summed E-state index contributed by atoms with van der Waals surface area (Å²) in [5.41, 5.74) is 1.50. The molecule has 2 aromatic carbocycles. The molecule has 0 bridgehead atoms. The number of benzene rings is 2. The number of ether oxygens (including phenoxy) is 1. The number of phenolic OH excluding ortho intramolecular Hbond substituents is 1. The summed E-state index contributed by atoms with van der Waals surface area (Å²) in [7, 11) is 0. The SMILES string of the molecule is CC1(CCOc2ccccc2)CCN(Cc2ccc(O)c(Cl)c2)CC1. The largest absolute Gasteiger partial charge is 0.506 e. The molecule has 3 nitrogen and oxygen atoms in total. The van der Waals surface area contributed by atoms with Crippen molar-refractivity contribution < 1.29 is 9.84 Å². The number of piperidine rings is 1. The first kappa shape index (κ1) is 18.1. The number of phenols is 1. The average Bonchev–Trinajstić information content (AvgIpc) is 2.61. The third kappa shape index (κ3) is 5.13. The van der Waals surface area contributed by atoms with E-state index in [1.165, 1.54) is 12.8 Å². The lowest BCUT2D eigenvalue weighted by molar-refractivity contribution is 0.0904. The van der Waals surface area contributed by atoms with E-state index in [0.717, 1.165) is 44.0 Å². The highest BCUT2D eigenvalue weighted by Crippen LogP contribution is 2.35. The van der Waals surface area contributed by atoms with Crippen LogP contribution in [-0.2, 0) is 6.54 Å². The quantitative estimate of drug-likeness (QED) is 0.777. The number of rotatable bonds is 6. The number of nitrogens with zero attached hydrogens (tertiary/aromatic N) is 1. The van der Waals surface area contributed by atoms with Gasteiger partial charge in [0, 0.05) is 6.54 Å². The zero-order chi connectivity index (χ0) is 17.7. The van der Waals surface area contributed by atoms with Crippen LogP contribution in [0.3, 0.4) is 0 Å². The van der Waals surface area contributed by atoms with Crippen molar-refractivity contribution in [2.24, 2.45) is 5.41 Å². The topological polar surface area (TPSA) is 32.7 Å². The second-order valence-electron chi connectivity index (χ2n) is 7.28. The number of halogens is 1. The fourth-order valence-corrected chi connectivity index (χ4v) is 3.54. The smallest absolute Gasteiger partial charge is 0.134 e. The molecule has 0 saturated carbocycles. The molecule has 1 fully saturated rings. The summed E-state index contributed by atoms with van der Waals surface area (Å²) in [4.78, 5) is 2.46. The molecule has 1 aliphatic heterocycles. The van der Waals surface area contributed by atoms with Gasteiger partial charge in [0.1, 0.15) is 11.5 Å². The van der Waals surface area contributed by atoms with E-state index in [9.17, 15) is 5.11 Å². The second kappa shape index (κ2) is 8.11. The van der Waals surface area contributed by atoms with E-state index in [0.29, 0.717) is 10.4 Å². The van der Waals surface area contributed by atoms with Crippen molar-refractivity contribution in [2.75, 3.05) is 19.7 Å². The molecule has 25 heavy (non-hydrogen) atoms. The van der Waals surface area contributed by atoms with Crippen molar-refractivity contribution >= 4 is 11.6 Å². The normalized spacial score (nSPS) is 17.4. The Bertz CT molecular complexity index is 682. The van der Waals surface area contributed by atoms with Gasteiger partial charge >= 0.3 is 0 Å². The molecule has 1 N–H and O–H groups in total. The molecule has 1 heterocycles. The van der Waals surface area contributed by atoms with Gasteiger partial charge in [-0.2, -0.15) is 0 Å². The van der Waals surface area contributed by atoms with Crippen LogP contribution in [0.4, 0.5) is 0 Å². The molecule has 0 unspecified atom stereocenters. The predicted molar refractivity (Wildman–Crippen MR) is 102 cm³/mol. The summed E-state index contributed by atoms with van der Waals surface area (Å²) in [6, 6.07) is 15.5. The monoisotopic (exact) mass is 359 g/mol. The van der Waals surface area contributed by atoms with Crippen molar-refractivity contribution in [3.63, 3.8) is 0 Å². The van der Waals surface area contributed by atoms with Gasteiger partial charge in [0.2, 0.25) is 0 Å². The summed E-state index contributed by atoms with van der Waals surface area (Å²) in [6.45, 7) is 6.20. The molecule has 0 amide bonds. The molecule has 3 rings (SSSR count). The minimum Gasteiger partial charge on any atom is -0.506 e. The first-order chi connectivity index (χ1) is 12.0. The maximum Gasteiger partial charge on any atom is 0.134 e. The van der Waals surface area contributed by atoms with Crippen LogP contribution in [0.15, 0.2) is 48.5 Å². The fraction of sp³-hybridized carbons (Fsp3) is 0.429. The summed E-state index contributed by atoms with van der Waals surface area (Å²) >= 11 is 6.00. The Morgan fingerprint density at radius 3 is 2.52 bits per heavy atom. The standard InChI is InChI=1S/C21H26ClNO2/c1-21(11-14-25-18-5-3-2-4-6-18)9-12-23(13-10-21)16-17-7-8-20(24)19(22)15-17/h2-8,15,24H,9-14,16H2,1H3. The maximum absolute atomic E-state index is 9.53. The van der Waals surface area contributed by atoms with Gasteiger partial charge < -0.3 is 9.84 Å². The van der Waals surface area contributed by atoms with Gasteiger partial charge in [-0.15, -0.1) is 0 Å².